The van der Waals surface area contributed by atoms with Crippen molar-refractivity contribution in [1.82, 2.24) is 0 Å². The molecule has 0 radical (unpaired) electrons. The van der Waals surface area contributed by atoms with Gasteiger partial charge in [-0.3, -0.25) is 4.55 Å². The Bertz CT molecular complexity index is 869. The van der Waals surface area contributed by atoms with E-state index in [-0.39, 0.29) is 57.1 Å². The van der Waals surface area contributed by atoms with Gasteiger partial charge in [0.2, 0.25) is 0 Å². The molecule has 0 bridgehead atoms. The van der Waals surface area contributed by atoms with Crippen molar-refractivity contribution >= 4 is 10.1 Å². The van der Waals surface area contributed by atoms with Gasteiger partial charge in [-0.2, -0.15) is 8.42 Å². The van der Waals surface area contributed by atoms with Gasteiger partial charge in [-0.15, -0.1) is 0 Å². The predicted octanol–water partition coefficient (Wildman–Crippen LogP) is 3.27. The molecule has 5 nitrogen and oxygen atoms in total. The van der Waals surface area contributed by atoms with E-state index < -0.39 is 20.8 Å². The van der Waals surface area contributed by atoms with Crippen LogP contribution in [0.25, 0.3) is 0 Å². The summed E-state index contributed by atoms with van der Waals surface area (Å²) in [7, 11) is -4.56. The van der Waals surface area contributed by atoms with Crippen molar-refractivity contribution in [3.05, 3.63) is 48.0 Å². The Kier molecular flexibility index (Phi) is 14.2. The Balaban J connectivity index is 0.00000480. The number of hydrogen-bond acceptors (Lipinski definition) is 4. The average molecular weight is 473 g/mol. The molecule has 0 atom stereocenters. The molecule has 0 heterocycles. The fraction of sp³-hybridized carbons (Fsp3) is 0.500. The van der Waals surface area contributed by atoms with Gasteiger partial charge in [-0.25, -0.2) is 0 Å². The third kappa shape index (κ3) is 10.4. The first-order chi connectivity index (χ1) is 14.4. The summed E-state index contributed by atoms with van der Waals surface area (Å²) in [6.07, 6.45) is 12.6. The summed E-state index contributed by atoms with van der Waals surface area (Å²) in [6.45, 7) is 2.22. The minimum Gasteiger partial charge on any atom is -0.870 e. The maximum Gasteiger partial charge on any atom is 1.00 e. The van der Waals surface area contributed by atoms with Crippen molar-refractivity contribution in [2.24, 2.45) is 0 Å². The molecule has 2 rings (SSSR count). The van der Waals surface area contributed by atoms with Gasteiger partial charge in [0.05, 0.1) is 0 Å². The maximum atomic E-state index is 12.8. The van der Waals surface area contributed by atoms with Crippen LogP contribution in [0.5, 0.6) is 17.2 Å². The van der Waals surface area contributed by atoms with Crippen LogP contribution in [0.15, 0.2) is 47.4 Å². The van der Waals surface area contributed by atoms with E-state index >= 15 is 0 Å². The number of hydrogen-bond donors (Lipinski definition) is 1. The first-order valence-corrected chi connectivity index (χ1v) is 12.4. The molecular weight excluding hydrogens is 439 g/mol. The Morgan fingerprint density at radius 3 is 1.94 bits per heavy atom. The van der Waals surface area contributed by atoms with Crippen LogP contribution >= 0.6 is 0 Å². The first kappa shape index (κ1) is 28.6. The molecule has 0 saturated heterocycles. The van der Waals surface area contributed by atoms with Gasteiger partial charge >= 0.3 is 51.4 Å². The first-order valence-electron chi connectivity index (χ1n) is 11.0. The van der Waals surface area contributed by atoms with Gasteiger partial charge < -0.3 is 9.84 Å². The third-order valence-corrected chi connectivity index (χ3v) is 6.08. The normalized spacial score (nSPS) is 11.2. The number of unbranched alkanes of at least 4 members (excludes halogenated alkanes) is 9. The second kappa shape index (κ2) is 15.4. The smallest absolute Gasteiger partial charge is 0.870 e. The predicted molar refractivity (Wildman–Crippen MR) is 118 cm³/mol. The molecule has 0 fully saturated rings. The topological polar surface area (TPSA) is 86.7 Å². The summed E-state index contributed by atoms with van der Waals surface area (Å²) in [6, 6.07) is 11.2. The van der Waals surface area contributed by atoms with Crippen LogP contribution < -0.4 is 61.2 Å². The SMILES string of the molecule is CCCCCCCCCCCCc1ccc(S(=O)(=O)O)c(Oc2ccccc2)c1[O-].[K+]. The zero-order valence-corrected chi connectivity index (χ0v) is 22.7. The standard InChI is InChI=1S/C24H34O5S.K/c1-2-3-4-5-6-7-8-9-10-12-15-20-18-19-22(30(26,27)28)24(23(20)25)29-21-16-13-11-14-17-21;/h11,13-14,16-19,25H,2-10,12,15H2,1H3,(H,26,27,28);/q;+1/p-1. The largest absolute Gasteiger partial charge is 1.00 e. The molecule has 2 aromatic rings. The monoisotopic (exact) mass is 472 g/mol. The van der Waals surface area contributed by atoms with E-state index in [1.165, 1.54) is 57.1 Å². The molecule has 0 amide bonds. The van der Waals surface area contributed by atoms with Gasteiger partial charge in [0, 0.05) is 0 Å². The molecule has 31 heavy (non-hydrogen) atoms. The number of ether oxygens (including phenoxy) is 1. The van der Waals surface area contributed by atoms with Gasteiger partial charge in [0.15, 0.2) is 0 Å². The second-order valence-electron chi connectivity index (χ2n) is 7.70. The fourth-order valence-electron chi connectivity index (χ4n) is 3.49. The van der Waals surface area contributed by atoms with Crippen molar-refractivity contribution in [2.45, 2.75) is 82.4 Å². The molecule has 1 N–H and O–H groups in total. The Hall–Kier alpha value is -0.414. The van der Waals surface area contributed by atoms with E-state index in [0.717, 1.165) is 19.3 Å². The van der Waals surface area contributed by atoms with Gasteiger partial charge in [0.1, 0.15) is 16.4 Å². The number of rotatable bonds is 14. The Morgan fingerprint density at radius 2 is 1.39 bits per heavy atom. The molecule has 0 aliphatic rings. The van der Waals surface area contributed by atoms with E-state index in [4.69, 9.17) is 4.74 Å². The molecule has 2 aromatic carbocycles. The molecule has 0 saturated carbocycles. The molecule has 0 aromatic heterocycles. The Morgan fingerprint density at radius 1 is 0.839 bits per heavy atom. The fourth-order valence-corrected chi connectivity index (χ4v) is 4.10. The summed E-state index contributed by atoms with van der Waals surface area (Å²) in [5.74, 6) is -0.478. The van der Waals surface area contributed by atoms with E-state index in [9.17, 15) is 18.1 Å². The van der Waals surface area contributed by atoms with Crippen molar-refractivity contribution in [3.8, 4) is 17.2 Å². The molecule has 166 valence electrons. The van der Waals surface area contributed by atoms with Crippen molar-refractivity contribution in [3.63, 3.8) is 0 Å². The molecule has 0 aliphatic carbocycles. The molecule has 0 unspecified atom stereocenters. The van der Waals surface area contributed by atoms with Crippen LogP contribution in [-0.4, -0.2) is 13.0 Å². The maximum absolute atomic E-state index is 12.8. The quantitative estimate of drug-likeness (QED) is 0.259. The molecule has 0 aliphatic heterocycles. The van der Waals surface area contributed by atoms with E-state index in [2.05, 4.69) is 6.92 Å². The van der Waals surface area contributed by atoms with Crippen molar-refractivity contribution < 1.29 is 74.2 Å². The third-order valence-electron chi connectivity index (χ3n) is 5.20. The van der Waals surface area contributed by atoms with Gasteiger partial charge in [-0.05, 0) is 31.0 Å². The minimum absolute atomic E-state index is 0. The van der Waals surface area contributed by atoms with Crippen LogP contribution in [0.4, 0.5) is 0 Å². The second-order valence-corrected chi connectivity index (χ2v) is 9.09. The zero-order valence-electron chi connectivity index (χ0n) is 18.8. The molecular formula is C24H33KO5S. The molecule has 0 spiro atoms. The van der Waals surface area contributed by atoms with Crippen molar-refractivity contribution in [2.75, 3.05) is 0 Å². The van der Waals surface area contributed by atoms with E-state index in [1.54, 1.807) is 30.3 Å². The van der Waals surface area contributed by atoms with Crippen LogP contribution in [0.2, 0.25) is 0 Å². The summed E-state index contributed by atoms with van der Waals surface area (Å²) in [5.41, 5.74) is 0.507. The van der Waals surface area contributed by atoms with Crippen LogP contribution in [0.3, 0.4) is 0 Å². The minimum atomic E-state index is -4.56. The summed E-state index contributed by atoms with van der Waals surface area (Å²) >= 11 is 0. The summed E-state index contributed by atoms with van der Waals surface area (Å²) in [5, 5.41) is 12.8. The Labute approximate surface area is 229 Å². The van der Waals surface area contributed by atoms with E-state index in [1.807, 2.05) is 0 Å². The number of benzene rings is 2. The summed E-state index contributed by atoms with van der Waals surface area (Å²) < 4.78 is 38.4. The van der Waals surface area contributed by atoms with E-state index in [0.29, 0.717) is 17.7 Å². The molecule has 7 heteroatoms. The summed E-state index contributed by atoms with van der Waals surface area (Å²) in [4.78, 5) is -0.497. The van der Waals surface area contributed by atoms with Crippen LogP contribution in [0.1, 0.15) is 76.7 Å². The number of para-hydroxylation sites is 1. The zero-order chi connectivity index (χ0) is 21.8. The van der Waals surface area contributed by atoms with Gasteiger partial charge in [0.25, 0.3) is 10.1 Å². The number of aryl methyl sites for hydroxylation is 1. The van der Waals surface area contributed by atoms with Crippen LogP contribution in [0, 0.1) is 0 Å². The van der Waals surface area contributed by atoms with Crippen molar-refractivity contribution in [1.29, 1.82) is 0 Å². The average Bonchev–Trinajstić information content (AvgIpc) is 2.71. The van der Waals surface area contributed by atoms with Crippen LogP contribution in [-0.2, 0) is 16.5 Å². The van der Waals surface area contributed by atoms with Gasteiger partial charge in [-0.1, -0.05) is 100 Å².